The summed E-state index contributed by atoms with van der Waals surface area (Å²) in [5.41, 5.74) is 5.76. The van der Waals surface area contributed by atoms with Gasteiger partial charge in [0.1, 0.15) is 0 Å². The van der Waals surface area contributed by atoms with Crippen LogP contribution in [-0.4, -0.2) is 38.5 Å². The Bertz CT molecular complexity index is 1100. The number of carbonyl (C=O) groups excluding carboxylic acids is 6. The van der Waals surface area contributed by atoms with Crippen LogP contribution in [0.1, 0.15) is 40.0 Å². The summed E-state index contributed by atoms with van der Waals surface area (Å²) in [5, 5.41) is 16.2. The second kappa shape index (κ2) is 12.4. The Kier molecular flexibility index (Phi) is 9.29. The van der Waals surface area contributed by atoms with Gasteiger partial charge in [0.25, 0.3) is 0 Å². The Labute approximate surface area is 221 Å². The van der Waals surface area contributed by atoms with Gasteiger partial charge in [-0.05, 0) is 0 Å². The van der Waals surface area contributed by atoms with Crippen molar-refractivity contribution < 1.29 is 50.5 Å². The van der Waals surface area contributed by atoms with E-state index in [1.54, 1.807) is 0 Å². The first kappa shape index (κ1) is 27.7. The quantitative estimate of drug-likeness (QED) is 0.144. The first-order valence-electron chi connectivity index (χ1n) is 11.3. The molecular weight excluding hydrogens is 560 g/mol. The molecule has 37 heavy (non-hydrogen) atoms. The maximum atomic E-state index is 11.3. The molecule has 0 fully saturated rings. The number of nitrogens with one attached hydrogen (secondary N) is 6. The van der Waals surface area contributed by atoms with Crippen LogP contribution in [0.5, 0.6) is 0 Å². The van der Waals surface area contributed by atoms with E-state index < -0.39 is 21.8 Å². The average Bonchev–Trinajstić information content (AvgIpc) is 3.45. The molecule has 0 spiro atoms. The number of allylic oxidation sites excluding steroid dienone is 6. The third-order valence-electron chi connectivity index (χ3n) is 6.66. The van der Waals surface area contributed by atoms with Gasteiger partial charge in [-0.1, -0.05) is 0 Å². The Morgan fingerprint density at radius 3 is 0.919 bits per heavy atom. The molecular formula is C24H27N6O6Zr. The summed E-state index contributed by atoms with van der Waals surface area (Å²) < 4.78 is 3.20. The SMILES string of the molecule is CC1=[C]([Zr]([C]2=C(C)C(NC=O)=C(NC=O)C2)[C]2=C(C)C(NC=O)=C(NC=O)C2)CC(NC=O)=C1NC=O. The Morgan fingerprint density at radius 1 is 0.459 bits per heavy atom. The van der Waals surface area contributed by atoms with Gasteiger partial charge in [0.15, 0.2) is 0 Å². The first-order chi connectivity index (χ1) is 17.9. The molecule has 6 amide bonds. The molecule has 0 aromatic rings. The number of amides is 6. The summed E-state index contributed by atoms with van der Waals surface area (Å²) in [5.74, 6) is 0. The van der Waals surface area contributed by atoms with Crippen molar-refractivity contribution in [2.45, 2.75) is 40.0 Å². The minimum atomic E-state index is -3.18. The van der Waals surface area contributed by atoms with Gasteiger partial charge < -0.3 is 0 Å². The van der Waals surface area contributed by atoms with E-state index in [1.165, 1.54) is 0 Å². The number of rotatable bonds is 15. The summed E-state index contributed by atoms with van der Waals surface area (Å²) in [6.45, 7) is 5.63. The molecule has 0 aliphatic heterocycles. The maximum absolute atomic E-state index is 11.3. The fourth-order valence-electron chi connectivity index (χ4n) is 5.04. The summed E-state index contributed by atoms with van der Waals surface area (Å²) in [7, 11) is 0. The fourth-order valence-corrected chi connectivity index (χ4v) is 14.0. The Hall–Kier alpha value is -3.86. The van der Waals surface area contributed by atoms with Crippen molar-refractivity contribution in [3.63, 3.8) is 0 Å². The van der Waals surface area contributed by atoms with Gasteiger partial charge in [0.2, 0.25) is 0 Å². The topological polar surface area (TPSA) is 175 Å². The second-order valence-corrected chi connectivity index (χ2v) is 14.6. The van der Waals surface area contributed by atoms with Gasteiger partial charge in [-0.3, -0.25) is 0 Å². The van der Waals surface area contributed by atoms with Crippen molar-refractivity contribution in [1.82, 2.24) is 31.9 Å². The van der Waals surface area contributed by atoms with Crippen molar-refractivity contribution in [3.8, 4) is 0 Å². The van der Waals surface area contributed by atoms with E-state index >= 15 is 0 Å². The van der Waals surface area contributed by atoms with Crippen LogP contribution in [0, 0.1) is 0 Å². The van der Waals surface area contributed by atoms with E-state index in [2.05, 4.69) is 31.9 Å². The Morgan fingerprint density at radius 2 is 0.703 bits per heavy atom. The molecule has 0 atom stereocenters. The zero-order valence-electron chi connectivity index (χ0n) is 20.5. The molecule has 0 radical (unpaired) electrons. The minimum absolute atomic E-state index is 0.392. The molecule has 0 aromatic carbocycles. The van der Waals surface area contributed by atoms with Crippen LogP contribution in [0.2, 0.25) is 0 Å². The number of hydrogen-bond acceptors (Lipinski definition) is 6. The molecule has 3 aliphatic rings. The molecule has 3 rings (SSSR count). The number of hydrogen-bond donors (Lipinski definition) is 6. The summed E-state index contributed by atoms with van der Waals surface area (Å²) in [6.07, 6.45) is 4.50. The van der Waals surface area contributed by atoms with Crippen LogP contribution in [-0.2, 0) is 50.5 Å². The predicted octanol–water partition coefficient (Wildman–Crippen LogP) is -0.251. The molecule has 0 unspecified atom stereocenters. The van der Waals surface area contributed by atoms with Crippen LogP contribution in [0.4, 0.5) is 0 Å². The average molecular weight is 587 g/mol. The van der Waals surface area contributed by atoms with Gasteiger partial charge >= 0.3 is 222 Å². The third kappa shape index (κ3) is 5.31. The predicted molar refractivity (Wildman–Crippen MR) is 128 cm³/mol. The van der Waals surface area contributed by atoms with Crippen LogP contribution in [0.3, 0.4) is 0 Å². The molecule has 0 saturated carbocycles. The molecule has 193 valence electrons. The monoisotopic (exact) mass is 585 g/mol. The van der Waals surface area contributed by atoms with Crippen LogP contribution >= 0.6 is 0 Å². The molecule has 13 heteroatoms. The summed E-state index contributed by atoms with van der Waals surface area (Å²) in [6, 6.07) is 0. The molecule has 0 bridgehead atoms. The van der Waals surface area contributed by atoms with Gasteiger partial charge in [-0.2, -0.15) is 0 Å². The van der Waals surface area contributed by atoms with E-state index in [0.29, 0.717) is 91.9 Å². The van der Waals surface area contributed by atoms with Crippen molar-refractivity contribution in [3.05, 3.63) is 60.7 Å². The normalized spacial score (nSPS) is 17.3. The van der Waals surface area contributed by atoms with E-state index in [4.69, 9.17) is 0 Å². The zero-order valence-corrected chi connectivity index (χ0v) is 23.0. The van der Waals surface area contributed by atoms with Gasteiger partial charge in [-0.15, -0.1) is 0 Å². The molecule has 0 saturated heterocycles. The molecule has 0 aromatic heterocycles. The standard InChI is InChI=1S/3C8H9N2O2.Zr/c3*1-6-2-3-7(9-4-11)8(6)10-5-12;/h3*4-5H,3H2,1H3,(H,9,11)(H,10,12);. The number of carbonyl (C=O) groups is 6. The molecule has 6 N–H and O–H groups in total. The first-order valence-corrected chi connectivity index (χ1v) is 15.0. The summed E-state index contributed by atoms with van der Waals surface area (Å²) in [4.78, 5) is 68.0. The molecule has 3 aliphatic carbocycles. The summed E-state index contributed by atoms with van der Waals surface area (Å²) >= 11 is -3.18. The van der Waals surface area contributed by atoms with Crippen molar-refractivity contribution in [1.29, 1.82) is 0 Å². The van der Waals surface area contributed by atoms with Crippen LogP contribution in [0.15, 0.2) is 60.7 Å². The van der Waals surface area contributed by atoms with Crippen LogP contribution < -0.4 is 31.9 Å². The van der Waals surface area contributed by atoms with Crippen LogP contribution in [0.25, 0.3) is 0 Å². The van der Waals surface area contributed by atoms with E-state index in [0.717, 1.165) is 26.6 Å². The second-order valence-electron chi connectivity index (χ2n) is 8.35. The van der Waals surface area contributed by atoms with Gasteiger partial charge in [0.05, 0.1) is 0 Å². The third-order valence-corrected chi connectivity index (χ3v) is 15.2. The van der Waals surface area contributed by atoms with Crippen molar-refractivity contribution in [2.75, 3.05) is 0 Å². The van der Waals surface area contributed by atoms with Crippen molar-refractivity contribution >= 4 is 38.5 Å². The fraction of sp³-hybridized carbons (Fsp3) is 0.250. The van der Waals surface area contributed by atoms with E-state index in [-0.39, 0.29) is 0 Å². The van der Waals surface area contributed by atoms with Gasteiger partial charge in [0, 0.05) is 0 Å². The van der Waals surface area contributed by atoms with E-state index in [1.807, 2.05) is 20.8 Å². The Balaban J connectivity index is 2.21. The molecule has 0 heterocycles. The zero-order chi connectivity index (χ0) is 27.1. The van der Waals surface area contributed by atoms with Crippen molar-refractivity contribution in [2.24, 2.45) is 0 Å². The van der Waals surface area contributed by atoms with E-state index in [9.17, 15) is 28.8 Å². The van der Waals surface area contributed by atoms with Gasteiger partial charge in [-0.25, -0.2) is 0 Å². The molecule has 12 nitrogen and oxygen atoms in total.